The number of carbonyl (C=O) groups is 1. The average Bonchev–Trinajstić information content (AvgIpc) is 3.60. The van der Waals surface area contributed by atoms with Crippen molar-refractivity contribution in [1.29, 1.82) is 5.26 Å². The molecule has 35 heavy (non-hydrogen) atoms. The van der Waals surface area contributed by atoms with Gasteiger partial charge in [0, 0.05) is 30.9 Å². The molecule has 3 heterocycles. The second-order valence-electron chi connectivity index (χ2n) is 7.71. The molecule has 0 saturated heterocycles. The van der Waals surface area contributed by atoms with E-state index in [1.165, 1.54) is 42.3 Å². The Balaban J connectivity index is 1.76. The number of hydrogen-bond acceptors (Lipinski definition) is 8. The molecule has 1 fully saturated rings. The zero-order chi connectivity index (χ0) is 25.2. The fraction of sp³-hybridized carbons (Fsp3) is 0.364. The van der Waals surface area contributed by atoms with Crippen molar-refractivity contribution in [2.75, 3.05) is 31.5 Å². The molecule has 0 aliphatic heterocycles. The molecule has 3 aromatic rings. The predicted octanol–water partition coefficient (Wildman–Crippen LogP) is 3.98. The highest BCUT2D eigenvalue weighted by Gasteiger charge is 2.43. The van der Waals surface area contributed by atoms with E-state index < -0.39 is 12.3 Å². The first kappa shape index (κ1) is 24.1. The molecule has 0 aromatic carbocycles. The van der Waals surface area contributed by atoms with Crippen molar-refractivity contribution < 1.29 is 32.2 Å². The van der Waals surface area contributed by atoms with Gasteiger partial charge in [-0.2, -0.15) is 23.5 Å². The lowest BCUT2D eigenvalue weighted by atomic mass is 10.1. The highest BCUT2D eigenvalue weighted by molar-refractivity contribution is 5.94. The Morgan fingerprint density at radius 3 is 2.71 bits per heavy atom. The number of nitriles is 1. The summed E-state index contributed by atoms with van der Waals surface area (Å²) in [5, 5.41) is 18.8. The van der Waals surface area contributed by atoms with E-state index in [0.717, 1.165) is 20.0 Å². The van der Waals surface area contributed by atoms with Crippen molar-refractivity contribution >= 4 is 28.6 Å². The number of aromatic nitrogens is 3. The van der Waals surface area contributed by atoms with Gasteiger partial charge in [-0.1, -0.05) is 0 Å². The van der Waals surface area contributed by atoms with Gasteiger partial charge in [-0.05, 0) is 18.9 Å². The molecule has 1 saturated carbocycles. The van der Waals surface area contributed by atoms with Crippen LogP contribution in [0.1, 0.15) is 24.5 Å². The number of nitrogens with one attached hydrogen (secondary N) is 2. The van der Waals surface area contributed by atoms with Crippen molar-refractivity contribution in [1.82, 2.24) is 14.6 Å². The topological polar surface area (TPSA) is 123 Å². The van der Waals surface area contributed by atoms with Crippen molar-refractivity contribution in [3.8, 4) is 17.6 Å². The molecule has 4 rings (SSSR count). The van der Waals surface area contributed by atoms with Crippen LogP contribution in [0.25, 0.3) is 5.52 Å². The molecule has 0 bridgehead atoms. The van der Waals surface area contributed by atoms with Crippen LogP contribution < -0.4 is 20.1 Å². The third-order valence-corrected chi connectivity index (χ3v) is 5.32. The molecule has 0 radical (unpaired) electrons. The fourth-order valence-electron chi connectivity index (χ4n) is 3.57. The summed E-state index contributed by atoms with van der Waals surface area (Å²) in [7, 11) is 2.21. The summed E-state index contributed by atoms with van der Waals surface area (Å²) in [4.78, 5) is 16.3. The van der Waals surface area contributed by atoms with E-state index >= 15 is 0 Å². The maximum absolute atomic E-state index is 13.6. The molecule has 2 N–H and O–H groups in total. The molecule has 1 amide bonds. The van der Waals surface area contributed by atoms with Crippen LogP contribution in [0, 0.1) is 17.2 Å². The highest BCUT2D eigenvalue weighted by Crippen LogP contribution is 2.43. The smallest absolute Gasteiger partial charge is 0.418 e. The van der Waals surface area contributed by atoms with Crippen LogP contribution in [0.5, 0.6) is 11.5 Å². The van der Waals surface area contributed by atoms with Crippen LogP contribution in [-0.2, 0) is 9.53 Å². The Morgan fingerprint density at radius 1 is 1.31 bits per heavy atom. The first-order valence-corrected chi connectivity index (χ1v) is 10.5. The fourth-order valence-corrected chi connectivity index (χ4v) is 3.57. The lowest BCUT2D eigenvalue weighted by molar-refractivity contribution is -0.216. The van der Waals surface area contributed by atoms with E-state index in [4.69, 9.17) is 19.5 Å². The van der Waals surface area contributed by atoms with Gasteiger partial charge in [-0.3, -0.25) is 4.79 Å². The minimum absolute atomic E-state index is 0.0487. The molecule has 1 aliphatic rings. The van der Waals surface area contributed by atoms with Gasteiger partial charge in [-0.25, -0.2) is 9.50 Å². The first-order valence-electron chi connectivity index (χ1n) is 10.5. The Labute approximate surface area is 197 Å². The van der Waals surface area contributed by atoms with Crippen LogP contribution in [0.3, 0.4) is 0 Å². The summed E-state index contributed by atoms with van der Waals surface area (Å²) in [6.07, 6.45) is -1.18. The number of pyridine rings is 2. The van der Waals surface area contributed by atoms with E-state index in [0.29, 0.717) is 5.69 Å². The highest BCUT2D eigenvalue weighted by atomic mass is 19.4. The van der Waals surface area contributed by atoms with Gasteiger partial charge in [0.05, 0.1) is 30.9 Å². The van der Waals surface area contributed by atoms with Crippen molar-refractivity contribution in [3.05, 3.63) is 36.3 Å². The van der Waals surface area contributed by atoms with Gasteiger partial charge in [-0.15, -0.1) is 0 Å². The van der Waals surface area contributed by atoms with E-state index in [1.54, 1.807) is 0 Å². The number of anilines is 3. The van der Waals surface area contributed by atoms with Gasteiger partial charge in [0.25, 0.3) is 0 Å². The molecule has 13 heteroatoms. The molecule has 1 aliphatic carbocycles. The molecule has 0 unspecified atom stereocenters. The number of ether oxygens (including phenoxy) is 3. The summed E-state index contributed by atoms with van der Waals surface area (Å²) < 4.78 is 57.6. The number of rotatable bonds is 9. The molecule has 184 valence electrons. The average molecular weight is 490 g/mol. The van der Waals surface area contributed by atoms with E-state index in [1.807, 2.05) is 6.07 Å². The number of carbonyl (C=O) groups excluding carboxylic acids is 1. The predicted molar refractivity (Wildman–Crippen MR) is 118 cm³/mol. The first-order chi connectivity index (χ1) is 16.8. The van der Waals surface area contributed by atoms with Crippen LogP contribution >= 0.6 is 0 Å². The Kier molecular flexibility index (Phi) is 6.65. The third-order valence-electron chi connectivity index (χ3n) is 5.32. The number of halogens is 3. The zero-order valence-corrected chi connectivity index (χ0v) is 18.7. The molecule has 3 aromatic heterocycles. The second-order valence-corrected chi connectivity index (χ2v) is 7.71. The quantitative estimate of drug-likeness (QED) is 0.462. The lowest BCUT2D eigenvalue weighted by Gasteiger charge is -2.22. The van der Waals surface area contributed by atoms with Crippen LogP contribution in [0.4, 0.5) is 30.4 Å². The summed E-state index contributed by atoms with van der Waals surface area (Å²) >= 11 is 0. The lowest BCUT2D eigenvalue weighted by Crippen LogP contribution is -2.23. The maximum Gasteiger partial charge on any atom is 0.418 e. The number of methoxy groups -OCH3 is 2. The van der Waals surface area contributed by atoms with Gasteiger partial charge in [0.1, 0.15) is 17.4 Å². The molecular weight excluding hydrogens is 469 g/mol. The van der Waals surface area contributed by atoms with Crippen molar-refractivity contribution in [2.45, 2.75) is 25.1 Å². The number of alkyl halides is 3. The van der Waals surface area contributed by atoms with Crippen LogP contribution in [0.15, 0.2) is 30.7 Å². The summed E-state index contributed by atoms with van der Waals surface area (Å²) in [5.41, 5.74) is 0.575. The van der Waals surface area contributed by atoms with Crippen molar-refractivity contribution in [2.24, 2.45) is 5.92 Å². The largest absolute Gasteiger partial charge is 0.494 e. The van der Waals surface area contributed by atoms with Gasteiger partial charge >= 0.3 is 6.18 Å². The molecule has 1 atom stereocenters. The summed E-state index contributed by atoms with van der Waals surface area (Å²) in [5.74, 6) is 0.138. The monoisotopic (exact) mass is 490 g/mol. The number of hydrogen-bond donors (Lipinski definition) is 2. The molecule has 0 spiro atoms. The third kappa shape index (κ3) is 5.07. The minimum atomic E-state index is -4.67. The Hall–Kier alpha value is -4.05. The van der Waals surface area contributed by atoms with Gasteiger partial charge < -0.3 is 24.8 Å². The normalized spacial score (nSPS) is 14.3. The second kappa shape index (κ2) is 9.67. The maximum atomic E-state index is 13.6. The van der Waals surface area contributed by atoms with Gasteiger partial charge in [0.15, 0.2) is 24.2 Å². The van der Waals surface area contributed by atoms with Crippen LogP contribution in [-0.4, -0.2) is 47.5 Å². The van der Waals surface area contributed by atoms with Crippen molar-refractivity contribution in [3.63, 3.8) is 0 Å². The number of fused-ring (bicyclic) bond motifs is 1. The molecule has 10 nitrogen and oxygen atoms in total. The Morgan fingerprint density at radius 2 is 2.09 bits per heavy atom. The molecular formula is C22H21F3N6O4. The van der Waals surface area contributed by atoms with E-state index in [-0.39, 0.29) is 52.5 Å². The van der Waals surface area contributed by atoms with Crippen LogP contribution in [0.2, 0.25) is 0 Å². The SMILES string of the molecule is COc1c([C@H](OC)C(F)(F)F)ccn2ncc(Nc3cc(NC(=O)C4CC4)ncc3OCC#N)c12. The van der Waals surface area contributed by atoms with E-state index in [9.17, 15) is 18.0 Å². The Bertz CT molecular complexity index is 1280. The number of amides is 1. The standard InChI is InChI=1S/C22H21F3N6O4/c1-33-19-13(20(34-2)22(23,24)25)5-7-31-18(19)15(10-28-31)29-14-9-17(30-21(32)12-3-4-12)27-11-16(14)35-8-6-26/h5,7,9-12,20H,3-4,8H2,1-2H3,(H2,27,29,30,32)/t20-/m0/s1. The summed E-state index contributed by atoms with van der Waals surface area (Å²) in [6.45, 7) is -0.270. The number of nitrogens with zero attached hydrogens (tertiary/aromatic N) is 4. The zero-order valence-electron chi connectivity index (χ0n) is 18.7. The van der Waals surface area contributed by atoms with Gasteiger partial charge in [0.2, 0.25) is 5.91 Å². The van der Waals surface area contributed by atoms with E-state index in [2.05, 4.69) is 20.7 Å². The minimum Gasteiger partial charge on any atom is -0.494 e. The summed E-state index contributed by atoms with van der Waals surface area (Å²) in [6, 6.07) is 4.58.